The van der Waals surface area contributed by atoms with E-state index in [1.165, 1.54) is 24.3 Å². The number of aromatic amines is 1. The van der Waals surface area contributed by atoms with E-state index in [1.54, 1.807) is 6.92 Å². The topological polar surface area (TPSA) is 93.3 Å². The molecule has 134 valence electrons. The van der Waals surface area contributed by atoms with E-state index in [0.29, 0.717) is 11.3 Å². The SMILES string of the molecule is Cc1[nH]c2ccccc2c1C(=O)COC(=O)c1ccc(S(C)(=O)=O)cc1. The number of benzene rings is 2. The van der Waals surface area contributed by atoms with Gasteiger partial charge in [0.2, 0.25) is 5.78 Å². The Kier molecular flexibility index (Phi) is 4.65. The lowest BCUT2D eigenvalue weighted by molar-refractivity contribution is 0.0475. The zero-order chi connectivity index (χ0) is 18.9. The molecule has 6 nitrogen and oxygen atoms in total. The molecule has 0 bridgehead atoms. The van der Waals surface area contributed by atoms with E-state index < -0.39 is 22.4 Å². The number of carbonyl (C=O) groups excluding carboxylic acids is 2. The number of Topliss-reactive ketones (excluding diaryl/α,β-unsaturated/α-hetero) is 1. The van der Waals surface area contributed by atoms with Crippen molar-refractivity contribution in [2.24, 2.45) is 0 Å². The third-order valence-electron chi connectivity index (χ3n) is 4.02. The monoisotopic (exact) mass is 371 g/mol. The molecular formula is C19H17NO5S. The average Bonchev–Trinajstić information content (AvgIpc) is 2.94. The lowest BCUT2D eigenvalue weighted by atomic mass is 10.1. The summed E-state index contributed by atoms with van der Waals surface area (Å²) in [6, 6.07) is 12.8. The zero-order valence-electron chi connectivity index (χ0n) is 14.3. The maximum atomic E-state index is 12.5. The number of aryl methyl sites for hydroxylation is 1. The molecule has 1 heterocycles. The molecule has 0 saturated heterocycles. The van der Waals surface area contributed by atoms with Crippen LogP contribution in [0.15, 0.2) is 53.4 Å². The molecule has 0 spiro atoms. The standard InChI is InChI=1S/C19H17NO5S/c1-12-18(15-5-3-4-6-16(15)20-12)17(21)11-25-19(22)13-7-9-14(10-8-13)26(2,23)24/h3-10,20H,11H2,1-2H3. The number of hydrogen-bond donors (Lipinski definition) is 1. The summed E-state index contributed by atoms with van der Waals surface area (Å²) in [5.74, 6) is -0.989. The summed E-state index contributed by atoms with van der Waals surface area (Å²) < 4.78 is 28.0. The maximum absolute atomic E-state index is 12.5. The molecule has 1 aromatic heterocycles. The van der Waals surface area contributed by atoms with Gasteiger partial charge in [-0.3, -0.25) is 4.79 Å². The number of ether oxygens (including phenoxy) is 1. The fourth-order valence-electron chi connectivity index (χ4n) is 2.76. The molecule has 1 N–H and O–H groups in total. The molecule has 7 heteroatoms. The second-order valence-electron chi connectivity index (χ2n) is 5.97. The molecule has 0 aliphatic heterocycles. The lowest BCUT2D eigenvalue weighted by Gasteiger charge is -2.05. The molecule has 26 heavy (non-hydrogen) atoms. The van der Waals surface area contributed by atoms with Crippen LogP contribution >= 0.6 is 0 Å². The van der Waals surface area contributed by atoms with Gasteiger partial charge in [-0.15, -0.1) is 0 Å². The predicted octanol–water partition coefficient (Wildman–Crippen LogP) is 2.92. The van der Waals surface area contributed by atoms with Gasteiger partial charge in [0.05, 0.1) is 10.5 Å². The van der Waals surface area contributed by atoms with Gasteiger partial charge in [0.1, 0.15) is 0 Å². The number of esters is 1. The Morgan fingerprint density at radius 1 is 1.04 bits per heavy atom. The summed E-state index contributed by atoms with van der Waals surface area (Å²) in [7, 11) is -3.34. The number of hydrogen-bond acceptors (Lipinski definition) is 5. The van der Waals surface area contributed by atoms with Gasteiger partial charge in [0.25, 0.3) is 0 Å². The van der Waals surface area contributed by atoms with Crippen LogP contribution in [-0.4, -0.2) is 38.0 Å². The first-order chi connectivity index (χ1) is 12.3. The van der Waals surface area contributed by atoms with E-state index in [1.807, 2.05) is 24.3 Å². The molecule has 0 radical (unpaired) electrons. The van der Waals surface area contributed by atoms with Crippen LogP contribution in [0.5, 0.6) is 0 Å². The predicted molar refractivity (Wildman–Crippen MR) is 97.2 cm³/mol. The molecule has 0 aliphatic carbocycles. The molecule has 0 amide bonds. The number of carbonyl (C=O) groups is 2. The first-order valence-corrected chi connectivity index (χ1v) is 9.74. The van der Waals surface area contributed by atoms with Crippen LogP contribution in [0.2, 0.25) is 0 Å². The summed E-state index contributed by atoms with van der Waals surface area (Å²) in [6.07, 6.45) is 1.09. The molecule has 0 fully saturated rings. The summed E-state index contributed by atoms with van der Waals surface area (Å²) in [4.78, 5) is 27.8. The highest BCUT2D eigenvalue weighted by molar-refractivity contribution is 7.90. The first-order valence-electron chi connectivity index (χ1n) is 7.85. The smallest absolute Gasteiger partial charge is 0.338 e. The number of fused-ring (bicyclic) bond motifs is 1. The molecule has 0 saturated carbocycles. The minimum atomic E-state index is -3.34. The molecule has 3 aromatic rings. The minimum Gasteiger partial charge on any atom is -0.454 e. The van der Waals surface area contributed by atoms with Gasteiger partial charge in [0, 0.05) is 28.4 Å². The molecule has 0 unspecified atom stereocenters. The third-order valence-corrected chi connectivity index (χ3v) is 5.15. The highest BCUT2D eigenvalue weighted by Crippen LogP contribution is 2.22. The van der Waals surface area contributed by atoms with Crippen LogP contribution in [0, 0.1) is 6.92 Å². The minimum absolute atomic E-state index is 0.111. The van der Waals surface area contributed by atoms with Crippen molar-refractivity contribution in [2.75, 3.05) is 12.9 Å². The van der Waals surface area contributed by atoms with Gasteiger partial charge in [-0.1, -0.05) is 18.2 Å². The molecule has 0 aliphatic rings. The second-order valence-corrected chi connectivity index (χ2v) is 7.98. The van der Waals surface area contributed by atoms with Gasteiger partial charge in [-0.05, 0) is 37.3 Å². The van der Waals surface area contributed by atoms with E-state index in [9.17, 15) is 18.0 Å². The summed E-state index contributed by atoms with van der Waals surface area (Å²) in [5, 5.41) is 0.781. The van der Waals surface area contributed by atoms with Gasteiger partial charge in [-0.2, -0.15) is 0 Å². The highest BCUT2D eigenvalue weighted by Gasteiger charge is 2.18. The fourth-order valence-corrected chi connectivity index (χ4v) is 3.39. The van der Waals surface area contributed by atoms with Crippen molar-refractivity contribution in [3.63, 3.8) is 0 Å². The number of aromatic nitrogens is 1. The van der Waals surface area contributed by atoms with Crippen molar-refractivity contribution in [1.82, 2.24) is 4.98 Å². The Bertz CT molecular complexity index is 1090. The van der Waals surface area contributed by atoms with Crippen LogP contribution in [0.25, 0.3) is 10.9 Å². The quantitative estimate of drug-likeness (QED) is 0.550. The van der Waals surface area contributed by atoms with Crippen LogP contribution in [0.1, 0.15) is 26.4 Å². The van der Waals surface area contributed by atoms with Gasteiger partial charge in [-0.25, -0.2) is 13.2 Å². The molecular weight excluding hydrogens is 354 g/mol. The number of sulfone groups is 1. The van der Waals surface area contributed by atoms with Crippen molar-refractivity contribution in [1.29, 1.82) is 0 Å². The van der Waals surface area contributed by atoms with Gasteiger partial charge < -0.3 is 9.72 Å². The first kappa shape index (κ1) is 17.9. The van der Waals surface area contributed by atoms with Gasteiger partial charge >= 0.3 is 5.97 Å². The molecule has 0 atom stereocenters. The summed E-state index contributed by atoms with van der Waals surface area (Å²) in [6.45, 7) is 1.40. The van der Waals surface area contributed by atoms with Crippen LogP contribution in [0.3, 0.4) is 0 Å². The molecule has 3 rings (SSSR count). The zero-order valence-corrected chi connectivity index (χ0v) is 15.1. The summed E-state index contributed by atoms with van der Waals surface area (Å²) >= 11 is 0. The second kappa shape index (κ2) is 6.76. The number of para-hydroxylation sites is 1. The number of H-pyrrole nitrogens is 1. The number of ketones is 1. The third kappa shape index (κ3) is 3.52. The van der Waals surface area contributed by atoms with Crippen molar-refractivity contribution in [3.8, 4) is 0 Å². The van der Waals surface area contributed by atoms with Crippen molar-refractivity contribution in [3.05, 3.63) is 65.4 Å². The Labute approximate surface area is 150 Å². The van der Waals surface area contributed by atoms with E-state index in [-0.39, 0.29) is 16.2 Å². The number of nitrogens with one attached hydrogen (secondary N) is 1. The van der Waals surface area contributed by atoms with E-state index in [4.69, 9.17) is 4.74 Å². The van der Waals surface area contributed by atoms with E-state index in [0.717, 1.165) is 17.2 Å². The van der Waals surface area contributed by atoms with Crippen LogP contribution < -0.4 is 0 Å². The Morgan fingerprint density at radius 2 is 1.69 bits per heavy atom. The van der Waals surface area contributed by atoms with Crippen molar-refractivity contribution >= 4 is 32.5 Å². The largest absolute Gasteiger partial charge is 0.454 e. The average molecular weight is 371 g/mol. The Morgan fingerprint density at radius 3 is 2.35 bits per heavy atom. The van der Waals surface area contributed by atoms with Crippen LogP contribution in [0.4, 0.5) is 0 Å². The van der Waals surface area contributed by atoms with Crippen molar-refractivity contribution < 1.29 is 22.7 Å². The highest BCUT2D eigenvalue weighted by atomic mass is 32.2. The maximum Gasteiger partial charge on any atom is 0.338 e. The number of rotatable bonds is 5. The lowest BCUT2D eigenvalue weighted by Crippen LogP contribution is -2.15. The van der Waals surface area contributed by atoms with E-state index >= 15 is 0 Å². The van der Waals surface area contributed by atoms with Gasteiger partial charge in [0.15, 0.2) is 16.4 Å². The van der Waals surface area contributed by atoms with Crippen molar-refractivity contribution in [2.45, 2.75) is 11.8 Å². The summed E-state index contributed by atoms with van der Waals surface area (Å²) in [5.41, 5.74) is 2.24. The normalized spacial score (nSPS) is 11.5. The molecule has 2 aromatic carbocycles. The van der Waals surface area contributed by atoms with E-state index in [2.05, 4.69) is 4.98 Å². The Balaban J connectivity index is 1.73. The van der Waals surface area contributed by atoms with Crippen LogP contribution in [-0.2, 0) is 14.6 Å². The Hall–Kier alpha value is -2.93. The fraction of sp³-hybridized carbons (Fsp3) is 0.158.